The Morgan fingerprint density at radius 1 is 1.10 bits per heavy atom. The van der Waals surface area contributed by atoms with Crippen molar-refractivity contribution in [3.05, 3.63) is 54.2 Å². The van der Waals surface area contributed by atoms with Crippen molar-refractivity contribution in [3.8, 4) is 22.4 Å². The van der Waals surface area contributed by atoms with Crippen LogP contribution in [0.25, 0.3) is 33.4 Å². The minimum Gasteiger partial charge on any atom is -0.268 e. The molecule has 0 bridgehead atoms. The molecule has 4 aromatic rings. The van der Waals surface area contributed by atoms with Gasteiger partial charge in [-0.05, 0) is 48.7 Å². The van der Waals surface area contributed by atoms with Gasteiger partial charge in [-0.1, -0.05) is 0 Å². The number of alkyl halides is 2. The highest BCUT2D eigenvalue weighted by molar-refractivity contribution is 5.97. The Bertz CT molecular complexity index is 1260. The van der Waals surface area contributed by atoms with Crippen molar-refractivity contribution >= 4 is 11.0 Å². The zero-order valence-electron chi connectivity index (χ0n) is 15.3. The molecule has 0 amide bonds. The third-order valence-electron chi connectivity index (χ3n) is 6.30. The van der Waals surface area contributed by atoms with Gasteiger partial charge in [-0.15, -0.1) is 0 Å². The Hall–Kier alpha value is -3.16. The van der Waals surface area contributed by atoms with E-state index in [0.717, 1.165) is 27.8 Å². The Morgan fingerprint density at radius 3 is 2.66 bits per heavy atom. The summed E-state index contributed by atoms with van der Waals surface area (Å²) in [5, 5.41) is 12.5. The highest BCUT2D eigenvalue weighted by Crippen LogP contribution is 2.65. The predicted octanol–water partition coefficient (Wildman–Crippen LogP) is 4.60. The number of pyridine rings is 1. The summed E-state index contributed by atoms with van der Waals surface area (Å²) in [5.74, 6) is -2.96. The van der Waals surface area contributed by atoms with Crippen LogP contribution in [0.2, 0.25) is 0 Å². The largest absolute Gasteiger partial charge is 0.268 e. The van der Waals surface area contributed by atoms with E-state index in [2.05, 4.69) is 15.2 Å². The third kappa shape index (κ3) is 2.31. The second-order valence-corrected chi connectivity index (χ2v) is 7.99. The highest BCUT2D eigenvalue weighted by Gasteiger charge is 2.71. The number of H-pyrrole nitrogens is 1. The summed E-state index contributed by atoms with van der Waals surface area (Å²) in [6.07, 6.45) is 4.26. The smallest absolute Gasteiger partial charge is 0.256 e. The summed E-state index contributed by atoms with van der Waals surface area (Å²) in [5.41, 5.74) is 3.77. The zero-order valence-corrected chi connectivity index (χ0v) is 15.3. The first-order chi connectivity index (χ1) is 14.0. The van der Waals surface area contributed by atoms with E-state index in [9.17, 15) is 13.2 Å². The molecule has 1 aromatic carbocycles. The van der Waals surface area contributed by atoms with Crippen molar-refractivity contribution in [2.45, 2.75) is 31.7 Å². The Morgan fingerprint density at radius 2 is 1.90 bits per heavy atom. The SMILES string of the molecule is Fc1ccc(-c2nn3c(c2-c2ccnc4[nH]ncc24)CC[C@@]2(C3)CC2(F)F)cc1. The molecule has 1 aliphatic heterocycles. The van der Waals surface area contributed by atoms with Gasteiger partial charge in [-0.2, -0.15) is 10.2 Å². The van der Waals surface area contributed by atoms with Crippen molar-refractivity contribution in [1.82, 2.24) is 25.0 Å². The van der Waals surface area contributed by atoms with E-state index in [1.165, 1.54) is 12.1 Å². The minimum atomic E-state index is -2.62. The van der Waals surface area contributed by atoms with Gasteiger partial charge in [0, 0.05) is 34.8 Å². The average Bonchev–Trinajstić information content (AvgIpc) is 3.09. The van der Waals surface area contributed by atoms with Crippen molar-refractivity contribution in [1.29, 1.82) is 0 Å². The second-order valence-electron chi connectivity index (χ2n) is 7.99. The average molecular weight is 395 g/mol. The maximum atomic E-state index is 14.0. The van der Waals surface area contributed by atoms with Crippen LogP contribution in [0.3, 0.4) is 0 Å². The van der Waals surface area contributed by atoms with Gasteiger partial charge in [0.05, 0.1) is 18.2 Å². The summed E-state index contributed by atoms with van der Waals surface area (Å²) >= 11 is 0. The van der Waals surface area contributed by atoms with Gasteiger partial charge in [0.1, 0.15) is 11.5 Å². The fourth-order valence-electron chi connectivity index (χ4n) is 4.59. The number of rotatable bonds is 2. The van der Waals surface area contributed by atoms with Gasteiger partial charge < -0.3 is 0 Å². The molecule has 5 nitrogen and oxygen atoms in total. The van der Waals surface area contributed by atoms with Gasteiger partial charge in [0.25, 0.3) is 5.92 Å². The molecular formula is C21H16F3N5. The van der Waals surface area contributed by atoms with Crippen molar-refractivity contribution < 1.29 is 13.2 Å². The first kappa shape index (κ1) is 16.8. The maximum absolute atomic E-state index is 14.0. The zero-order chi connectivity index (χ0) is 19.8. The molecule has 0 radical (unpaired) electrons. The lowest BCUT2D eigenvalue weighted by Gasteiger charge is -2.24. The number of hydrogen-bond acceptors (Lipinski definition) is 3. The van der Waals surface area contributed by atoms with Crippen LogP contribution in [0.1, 0.15) is 18.5 Å². The fraction of sp³-hybridized carbons (Fsp3) is 0.286. The van der Waals surface area contributed by atoms with Crippen molar-refractivity contribution in [2.75, 3.05) is 0 Å². The second kappa shape index (κ2) is 5.46. The van der Waals surface area contributed by atoms with Crippen LogP contribution >= 0.6 is 0 Å². The molecule has 2 aliphatic rings. The molecule has 3 aromatic heterocycles. The van der Waals surface area contributed by atoms with E-state index in [1.54, 1.807) is 29.2 Å². The first-order valence-corrected chi connectivity index (χ1v) is 9.49. The van der Waals surface area contributed by atoms with Crippen LogP contribution in [0.5, 0.6) is 0 Å². The van der Waals surface area contributed by atoms with E-state index in [-0.39, 0.29) is 18.8 Å². The monoisotopic (exact) mass is 395 g/mol. The molecule has 1 aliphatic carbocycles. The van der Waals surface area contributed by atoms with Gasteiger partial charge >= 0.3 is 0 Å². The number of aromatic amines is 1. The van der Waals surface area contributed by atoms with Gasteiger partial charge in [0.2, 0.25) is 0 Å². The number of halogens is 3. The van der Waals surface area contributed by atoms with Crippen molar-refractivity contribution in [3.63, 3.8) is 0 Å². The number of aromatic nitrogens is 5. The molecule has 1 spiro atoms. The molecule has 1 atom stereocenters. The number of hydrogen-bond donors (Lipinski definition) is 1. The lowest BCUT2D eigenvalue weighted by Crippen LogP contribution is -2.27. The molecule has 8 heteroatoms. The lowest BCUT2D eigenvalue weighted by atomic mass is 9.90. The van der Waals surface area contributed by atoms with Crippen LogP contribution in [0, 0.1) is 11.2 Å². The Labute approximate surface area is 163 Å². The molecule has 146 valence electrons. The summed E-state index contributed by atoms with van der Waals surface area (Å²) in [6.45, 7) is 0.198. The van der Waals surface area contributed by atoms with Crippen LogP contribution in [0.4, 0.5) is 13.2 Å². The number of benzene rings is 1. The van der Waals surface area contributed by atoms with Crippen LogP contribution < -0.4 is 0 Å². The molecule has 0 saturated heterocycles. The number of nitrogens with zero attached hydrogens (tertiary/aromatic N) is 4. The van der Waals surface area contributed by atoms with Crippen LogP contribution in [0.15, 0.2) is 42.7 Å². The Kier molecular flexibility index (Phi) is 3.16. The summed E-state index contributed by atoms with van der Waals surface area (Å²) in [4.78, 5) is 4.30. The van der Waals surface area contributed by atoms with E-state index in [4.69, 9.17) is 5.10 Å². The van der Waals surface area contributed by atoms with E-state index >= 15 is 0 Å². The van der Waals surface area contributed by atoms with Gasteiger partial charge in [-0.25, -0.2) is 18.2 Å². The van der Waals surface area contributed by atoms with Crippen LogP contribution in [-0.4, -0.2) is 30.9 Å². The molecule has 1 fully saturated rings. The molecule has 4 heterocycles. The summed E-state index contributed by atoms with van der Waals surface area (Å²) in [6, 6.07) is 7.99. The number of fused-ring (bicyclic) bond motifs is 2. The fourth-order valence-corrected chi connectivity index (χ4v) is 4.59. The van der Waals surface area contributed by atoms with Gasteiger partial charge in [0.15, 0.2) is 5.65 Å². The molecule has 6 rings (SSSR count). The normalized spacial score (nSPS) is 22.2. The third-order valence-corrected chi connectivity index (χ3v) is 6.30. The summed E-state index contributed by atoms with van der Waals surface area (Å²) in [7, 11) is 0. The highest BCUT2D eigenvalue weighted by atomic mass is 19.3. The topological polar surface area (TPSA) is 59.4 Å². The van der Waals surface area contributed by atoms with E-state index in [0.29, 0.717) is 24.2 Å². The molecule has 29 heavy (non-hydrogen) atoms. The first-order valence-electron chi connectivity index (χ1n) is 9.49. The Balaban J connectivity index is 1.59. The van der Waals surface area contributed by atoms with Crippen molar-refractivity contribution in [2.24, 2.45) is 5.41 Å². The predicted molar refractivity (Wildman–Crippen MR) is 101 cm³/mol. The maximum Gasteiger partial charge on any atom is 0.256 e. The standard InChI is InChI=1S/C21H16F3N5/c22-13-3-1-12(2-4-13)18-17(14-6-8-25-19-15(14)9-26-27-19)16-5-7-20(10-21(20,23)24)11-29(16)28-18/h1-4,6,8-9H,5,7,10-11H2,(H,25,26,27)/t20-/m0/s1. The lowest BCUT2D eigenvalue weighted by molar-refractivity contribution is 0.0462. The van der Waals surface area contributed by atoms with Crippen LogP contribution in [-0.2, 0) is 13.0 Å². The molecule has 1 saturated carbocycles. The molecule has 0 unspecified atom stereocenters. The molecular weight excluding hydrogens is 379 g/mol. The van der Waals surface area contributed by atoms with Gasteiger partial charge in [-0.3, -0.25) is 9.78 Å². The minimum absolute atomic E-state index is 0.0816. The number of nitrogens with one attached hydrogen (secondary N) is 1. The van der Waals surface area contributed by atoms with E-state index in [1.807, 2.05) is 6.07 Å². The quantitative estimate of drug-likeness (QED) is 0.540. The summed E-state index contributed by atoms with van der Waals surface area (Å²) < 4.78 is 43.3. The van der Waals surface area contributed by atoms with E-state index < -0.39 is 11.3 Å². The molecule has 1 N–H and O–H groups in total.